The SMILES string of the molecule is CC(NCC1CCSCC1)c1cc(F)ccc1O. The zero-order valence-corrected chi connectivity index (χ0v) is 11.5. The average Bonchev–Trinajstić information content (AvgIpc) is 2.40. The standard InChI is InChI=1S/C14H20FNOS/c1-10(13-8-12(15)2-3-14(13)17)16-9-11-4-6-18-7-5-11/h2-3,8,10-11,16-17H,4-7,9H2,1H3. The number of nitrogens with one attached hydrogen (secondary N) is 1. The van der Waals surface area contributed by atoms with Crippen molar-refractivity contribution in [2.24, 2.45) is 5.92 Å². The molecule has 1 unspecified atom stereocenters. The second kappa shape index (κ2) is 6.43. The minimum absolute atomic E-state index is 0.0183. The van der Waals surface area contributed by atoms with Gasteiger partial charge in [0.05, 0.1) is 0 Å². The number of phenolic OH excluding ortho intramolecular Hbond substituents is 1. The van der Waals surface area contributed by atoms with E-state index < -0.39 is 0 Å². The van der Waals surface area contributed by atoms with E-state index in [-0.39, 0.29) is 17.6 Å². The van der Waals surface area contributed by atoms with Gasteiger partial charge in [0.1, 0.15) is 11.6 Å². The highest BCUT2D eigenvalue weighted by Gasteiger charge is 2.16. The third kappa shape index (κ3) is 3.62. The molecule has 2 N–H and O–H groups in total. The molecule has 1 aromatic carbocycles. The number of hydrogen-bond donors (Lipinski definition) is 2. The molecule has 2 rings (SSSR count). The van der Waals surface area contributed by atoms with Crippen LogP contribution in [0, 0.1) is 11.7 Å². The highest BCUT2D eigenvalue weighted by atomic mass is 32.2. The Balaban J connectivity index is 1.90. The smallest absolute Gasteiger partial charge is 0.123 e. The first-order valence-corrected chi connectivity index (χ1v) is 7.62. The number of hydrogen-bond acceptors (Lipinski definition) is 3. The van der Waals surface area contributed by atoms with Crippen LogP contribution in [-0.2, 0) is 0 Å². The molecule has 1 heterocycles. The van der Waals surface area contributed by atoms with E-state index in [0.29, 0.717) is 11.5 Å². The molecule has 18 heavy (non-hydrogen) atoms. The van der Waals surface area contributed by atoms with Gasteiger partial charge < -0.3 is 10.4 Å². The maximum atomic E-state index is 13.2. The summed E-state index contributed by atoms with van der Waals surface area (Å²) in [6.45, 7) is 2.91. The molecule has 1 saturated heterocycles. The molecule has 1 aliphatic heterocycles. The Labute approximate surface area is 112 Å². The van der Waals surface area contributed by atoms with Crippen molar-refractivity contribution in [3.63, 3.8) is 0 Å². The topological polar surface area (TPSA) is 32.3 Å². The predicted molar refractivity (Wildman–Crippen MR) is 74.5 cm³/mol. The zero-order chi connectivity index (χ0) is 13.0. The summed E-state index contributed by atoms with van der Waals surface area (Å²) in [4.78, 5) is 0. The normalized spacial score (nSPS) is 18.8. The summed E-state index contributed by atoms with van der Waals surface area (Å²) < 4.78 is 13.2. The fourth-order valence-electron chi connectivity index (χ4n) is 2.28. The van der Waals surface area contributed by atoms with Crippen molar-refractivity contribution < 1.29 is 9.50 Å². The van der Waals surface area contributed by atoms with Crippen LogP contribution in [0.2, 0.25) is 0 Å². The number of phenols is 1. The Morgan fingerprint density at radius 3 is 2.89 bits per heavy atom. The molecular formula is C14H20FNOS. The number of aromatic hydroxyl groups is 1. The minimum atomic E-state index is -0.300. The van der Waals surface area contributed by atoms with Crippen LogP contribution < -0.4 is 5.32 Å². The number of halogens is 1. The first kappa shape index (κ1) is 13.7. The summed E-state index contributed by atoms with van der Waals surface area (Å²) >= 11 is 2.02. The highest BCUT2D eigenvalue weighted by molar-refractivity contribution is 7.99. The Kier molecular flexibility index (Phi) is 4.89. The van der Waals surface area contributed by atoms with Gasteiger partial charge in [-0.05, 0) is 61.9 Å². The quantitative estimate of drug-likeness (QED) is 0.879. The van der Waals surface area contributed by atoms with Crippen molar-refractivity contribution in [1.82, 2.24) is 5.32 Å². The van der Waals surface area contributed by atoms with Gasteiger partial charge in [-0.1, -0.05) is 0 Å². The Morgan fingerprint density at radius 1 is 1.44 bits per heavy atom. The van der Waals surface area contributed by atoms with Gasteiger partial charge in [0.25, 0.3) is 0 Å². The lowest BCUT2D eigenvalue weighted by molar-refractivity contribution is 0.407. The first-order chi connectivity index (χ1) is 8.66. The molecule has 1 atom stereocenters. The van der Waals surface area contributed by atoms with E-state index in [0.717, 1.165) is 6.54 Å². The van der Waals surface area contributed by atoms with Gasteiger partial charge in [-0.25, -0.2) is 4.39 Å². The summed E-state index contributed by atoms with van der Waals surface area (Å²) in [5, 5.41) is 13.1. The van der Waals surface area contributed by atoms with Crippen LogP contribution in [0.1, 0.15) is 31.4 Å². The minimum Gasteiger partial charge on any atom is -0.508 e. The summed E-state index contributed by atoms with van der Waals surface area (Å²) in [5.41, 5.74) is 0.639. The van der Waals surface area contributed by atoms with Gasteiger partial charge in [-0.2, -0.15) is 11.8 Å². The third-order valence-corrected chi connectivity index (χ3v) is 4.56. The molecule has 0 aliphatic carbocycles. The van der Waals surface area contributed by atoms with E-state index in [4.69, 9.17) is 0 Å². The van der Waals surface area contributed by atoms with Gasteiger partial charge in [0, 0.05) is 11.6 Å². The Morgan fingerprint density at radius 2 is 2.17 bits per heavy atom. The van der Waals surface area contributed by atoms with E-state index >= 15 is 0 Å². The van der Waals surface area contributed by atoms with E-state index in [1.54, 1.807) is 0 Å². The van der Waals surface area contributed by atoms with Gasteiger partial charge >= 0.3 is 0 Å². The highest BCUT2D eigenvalue weighted by Crippen LogP contribution is 2.26. The molecule has 0 spiro atoms. The Hall–Kier alpha value is -0.740. The third-order valence-electron chi connectivity index (χ3n) is 3.51. The molecule has 2 nitrogen and oxygen atoms in total. The molecule has 4 heteroatoms. The molecule has 0 amide bonds. The van der Waals surface area contributed by atoms with Crippen molar-refractivity contribution >= 4 is 11.8 Å². The van der Waals surface area contributed by atoms with Gasteiger partial charge in [0.15, 0.2) is 0 Å². The average molecular weight is 269 g/mol. The van der Waals surface area contributed by atoms with Crippen LogP contribution in [0.15, 0.2) is 18.2 Å². The largest absolute Gasteiger partial charge is 0.508 e. The molecular weight excluding hydrogens is 249 g/mol. The van der Waals surface area contributed by atoms with E-state index in [2.05, 4.69) is 5.32 Å². The van der Waals surface area contributed by atoms with Crippen LogP contribution in [0.4, 0.5) is 4.39 Å². The molecule has 0 aromatic heterocycles. The van der Waals surface area contributed by atoms with E-state index in [1.807, 2.05) is 18.7 Å². The number of benzene rings is 1. The van der Waals surface area contributed by atoms with Gasteiger partial charge in [-0.3, -0.25) is 0 Å². The molecule has 100 valence electrons. The predicted octanol–water partition coefficient (Wildman–Crippen LogP) is 3.33. The number of rotatable bonds is 4. The number of thioether (sulfide) groups is 1. The molecule has 0 radical (unpaired) electrons. The summed E-state index contributed by atoms with van der Waals surface area (Å²) in [6.07, 6.45) is 2.50. The summed E-state index contributed by atoms with van der Waals surface area (Å²) in [5.74, 6) is 3.06. The van der Waals surface area contributed by atoms with Gasteiger partial charge in [0.2, 0.25) is 0 Å². The molecule has 1 fully saturated rings. The second-order valence-corrected chi connectivity index (χ2v) is 6.11. The maximum absolute atomic E-state index is 13.2. The fourth-order valence-corrected chi connectivity index (χ4v) is 3.48. The van der Waals surface area contributed by atoms with Crippen LogP contribution in [-0.4, -0.2) is 23.2 Å². The van der Waals surface area contributed by atoms with Crippen LogP contribution in [0.5, 0.6) is 5.75 Å². The Bertz CT molecular complexity index is 393. The summed E-state index contributed by atoms with van der Waals surface area (Å²) in [7, 11) is 0. The van der Waals surface area contributed by atoms with E-state index in [1.165, 1.54) is 42.5 Å². The zero-order valence-electron chi connectivity index (χ0n) is 10.7. The molecule has 1 aliphatic rings. The van der Waals surface area contributed by atoms with Crippen molar-refractivity contribution in [3.8, 4) is 5.75 Å². The lowest BCUT2D eigenvalue weighted by atomic mass is 10.0. The monoisotopic (exact) mass is 269 g/mol. The molecule has 0 saturated carbocycles. The first-order valence-electron chi connectivity index (χ1n) is 6.46. The van der Waals surface area contributed by atoms with Crippen LogP contribution in [0.25, 0.3) is 0 Å². The van der Waals surface area contributed by atoms with Crippen molar-refractivity contribution in [3.05, 3.63) is 29.6 Å². The van der Waals surface area contributed by atoms with Crippen LogP contribution >= 0.6 is 11.8 Å². The second-order valence-electron chi connectivity index (χ2n) is 4.89. The fraction of sp³-hybridized carbons (Fsp3) is 0.571. The van der Waals surface area contributed by atoms with Crippen LogP contribution in [0.3, 0.4) is 0 Å². The maximum Gasteiger partial charge on any atom is 0.123 e. The van der Waals surface area contributed by atoms with Gasteiger partial charge in [-0.15, -0.1) is 0 Å². The van der Waals surface area contributed by atoms with Crippen molar-refractivity contribution in [2.75, 3.05) is 18.1 Å². The van der Waals surface area contributed by atoms with Crippen molar-refractivity contribution in [2.45, 2.75) is 25.8 Å². The lowest BCUT2D eigenvalue weighted by Crippen LogP contribution is -2.28. The summed E-state index contributed by atoms with van der Waals surface area (Å²) in [6, 6.07) is 4.09. The lowest BCUT2D eigenvalue weighted by Gasteiger charge is -2.24. The van der Waals surface area contributed by atoms with Crippen molar-refractivity contribution in [1.29, 1.82) is 0 Å². The van der Waals surface area contributed by atoms with E-state index in [9.17, 15) is 9.50 Å². The molecule has 0 bridgehead atoms. The molecule has 1 aromatic rings.